The number of thiazole rings is 1. The van der Waals surface area contributed by atoms with E-state index in [1.165, 1.54) is 11.3 Å². The Kier molecular flexibility index (Phi) is 6.99. The Hall–Kier alpha value is -3.42. The molecule has 3 aromatic rings. The number of rotatable bonds is 7. The SMILES string of the molecule is Cc1cc(Nc2nc(C(=O)NCc3ccncc3)cs2)nc([C@H]2CCCN(CC#N)C2)n1. The summed E-state index contributed by atoms with van der Waals surface area (Å²) in [5.41, 5.74) is 2.20. The molecule has 0 bridgehead atoms. The van der Waals surface area contributed by atoms with Gasteiger partial charge in [0.1, 0.15) is 17.3 Å². The predicted octanol–water partition coefficient (Wildman–Crippen LogP) is 3.01. The molecule has 164 valence electrons. The zero-order valence-electron chi connectivity index (χ0n) is 17.8. The van der Waals surface area contributed by atoms with Crippen LogP contribution in [0.25, 0.3) is 0 Å². The second-order valence-corrected chi connectivity index (χ2v) is 8.54. The smallest absolute Gasteiger partial charge is 0.271 e. The maximum Gasteiger partial charge on any atom is 0.271 e. The Morgan fingerprint density at radius 1 is 1.31 bits per heavy atom. The number of piperidine rings is 1. The molecule has 0 spiro atoms. The summed E-state index contributed by atoms with van der Waals surface area (Å²) in [6.07, 6.45) is 5.41. The van der Waals surface area contributed by atoms with Crippen molar-refractivity contribution >= 4 is 28.2 Å². The van der Waals surface area contributed by atoms with E-state index in [9.17, 15) is 4.79 Å². The van der Waals surface area contributed by atoms with E-state index in [1.807, 2.05) is 25.1 Å². The Bertz CT molecular complexity index is 1110. The number of nitrogens with one attached hydrogen (secondary N) is 2. The number of hydrogen-bond donors (Lipinski definition) is 2. The third-order valence-electron chi connectivity index (χ3n) is 5.21. The minimum Gasteiger partial charge on any atom is -0.347 e. The molecule has 10 heteroatoms. The quantitative estimate of drug-likeness (QED) is 0.529. The molecule has 0 aromatic carbocycles. The molecule has 0 saturated carbocycles. The number of likely N-dealkylation sites (tertiary alicyclic amines) is 1. The highest BCUT2D eigenvalue weighted by molar-refractivity contribution is 7.14. The van der Waals surface area contributed by atoms with Crippen molar-refractivity contribution in [3.8, 4) is 6.07 Å². The van der Waals surface area contributed by atoms with E-state index < -0.39 is 0 Å². The molecule has 0 aliphatic carbocycles. The van der Waals surface area contributed by atoms with E-state index >= 15 is 0 Å². The fraction of sp³-hybridized carbons (Fsp3) is 0.364. The summed E-state index contributed by atoms with van der Waals surface area (Å²) in [6, 6.07) is 7.80. The number of nitriles is 1. The number of nitrogens with zero attached hydrogens (tertiary/aromatic N) is 6. The molecule has 3 aromatic heterocycles. The topological polar surface area (TPSA) is 120 Å². The van der Waals surface area contributed by atoms with E-state index in [4.69, 9.17) is 10.2 Å². The third kappa shape index (κ3) is 5.63. The van der Waals surface area contributed by atoms with Crippen LogP contribution < -0.4 is 10.6 Å². The van der Waals surface area contributed by atoms with Gasteiger partial charge in [-0.3, -0.25) is 14.7 Å². The number of anilines is 2. The summed E-state index contributed by atoms with van der Waals surface area (Å²) in [5.74, 6) is 1.40. The van der Waals surface area contributed by atoms with Gasteiger partial charge < -0.3 is 10.6 Å². The molecule has 1 atom stereocenters. The minimum atomic E-state index is -0.231. The lowest BCUT2D eigenvalue weighted by Gasteiger charge is -2.30. The van der Waals surface area contributed by atoms with Gasteiger partial charge in [0, 0.05) is 48.5 Å². The summed E-state index contributed by atoms with van der Waals surface area (Å²) in [6.45, 7) is 4.51. The highest BCUT2D eigenvalue weighted by atomic mass is 32.1. The van der Waals surface area contributed by atoms with E-state index in [1.54, 1.807) is 17.8 Å². The molecule has 0 unspecified atom stereocenters. The molecular weight excluding hydrogens is 424 g/mol. The van der Waals surface area contributed by atoms with E-state index in [-0.39, 0.29) is 11.8 Å². The van der Waals surface area contributed by atoms with Crippen LogP contribution in [0.3, 0.4) is 0 Å². The second-order valence-electron chi connectivity index (χ2n) is 7.69. The highest BCUT2D eigenvalue weighted by Gasteiger charge is 2.24. The average molecular weight is 449 g/mol. The fourth-order valence-electron chi connectivity index (χ4n) is 3.67. The lowest BCUT2D eigenvalue weighted by atomic mass is 9.97. The lowest BCUT2D eigenvalue weighted by molar-refractivity contribution is 0.0946. The third-order valence-corrected chi connectivity index (χ3v) is 5.97. The van der Waals surface area contributed by atoms with Gasteiger partial charge in [0.05, 0.1) is 12.6 Å². The molecular formula is C22H24N8OS. The second kappa shape index (κ2) is 10.3. The van der Waals surface area contributed by atoms with Crippen molar-refractivity contribution in [1.82, 2.24) is 30.2 Å². The van der Waals surface area contributed by atoms with Crippen LogP contribution in [0.5, 0.6) is 0 Å². The summed E-state index contributed by atoms with van der Waals surface area (Å²) < 4.78 is 0. The Morgan fingerprint density at radius 3 is 2.97 bits per heavy atom. The molecule has 1 fully saturated rings. The Labute approximate surface area is 190 Å². The Morgan fingerprint density at radius 2 is 2.16 bits per heavy atom. The fourth-order valence-corrected chi connectivity index (χ4v) is 4.36. The van der Waals surface area contributed by atoms with Crippen LogP contribution >= 0.6 is 11.3 Å². The normalized spacial score (nSPS) is 16.3. The zero-order valence-corrected chi connectivity index (χ0v) is 18.6. The van der Waals surface area contributed by atoms with Crippen molar-refractivity contribution in [2.75, 3.05) is 25.0 Å². The Balaban J connectivity index is 1.41. The van der Waals surface area contributed by atoms with Crippen molar-refractivity contribution in [3.05, 3.63) is 58.7 Å². The first kappa shape index (κ1) is 21.8. The summed E-state index contributed by atoms with van der Waals surface area (Å²) >= 11 is 1.35. The van der Waals surface area contributed by atoms with Crippen molar-refractivity contribution in [2.45, 2.75) is 32.2 Å². The number of aryl methyl sites for hydroxylation is 1. The van der Waals surface area contributed by atoms with Gasteiger partial charge in [0.15, 0.2) is 5.13 Å². The standard InChI is InChI=1S/C22H24N8OS/c1-15-11-19(28-20(26-15)17-3-2-9-30(13-17)10-6-23)29-22-27-18(14-32-22)21(31)25-12-16-4-7-24-8-5-16/h4-5,7-8,11,14,17H,2-3,9-10,12-13H2,1H3,(H,25,31)(H,26,27,28,29)/t17-/m0/s1. The molecule has 9 nitrogen and oxygen atoms in total. The van der Waals surface area contributed by atoms with Crippen LogP contribution in [0, 0.1) is 18.3 Å². The highest BCUT2D eigenvalue weighted by Crippen LogP contribution is 2.27. The van der Waals surface area contributed by atoms with Gasteiger partial charge in [-0.2, -0.15) is 5.26 Å². The number of carbonyl (C=O) groups excluding carboxylic acids is 1. The molecule has 1 amide bonds. The van der Waals surface area contributed by atoms with Gasteiger partial charge >= 0.3 is 0 Å². The maximum absolute atomic E-state index is 12.4. The summed E-state index contributed by atoms with van der Waals surface area (Å²) in [4.78, 5) is 32.3. The molecule has 32 heavy (non-hydrogen) atoms. The number of carbonyl (C=O) groups is 1. The number of amides is 1. The largest absolute Gasteiger partial charge is 0.347 e. The van der Waals surface area contributed by atoms with E-state index in [0.717, 1.165) is 43.0 Å². The van der Waals surface area contributed by atoms with Crippen molar-refractivity contribution in [3.63, 3.8) is 0 Å². The van der Waals surface area contributed by atoms with Crippen LogP contribution in [0.4, 0.5) is 10.9 Å². The predicted molar refractivity (Wildman–Crippen MR) is 122 cm³/mol. The van der Waals surface area contributed by atoms with Crippen molar-refractivity contribution in [2.24, 2.45) is 0 Å². The van der Waals surface area contributed by atoms with Crippen LogP contribution in [0.2, 0.25) is 0 Å². The van der Waals surface area contributed by atoms with Gasteiger partial charge in [-0.1, -0.05) is 0 Å². The first-order chi connectivity index (χ1) is 15.6. The molecule has 4 heterocycles. The van der Waals surface area contributed by atoms with Crippen molar-refractivity contribution < 1.29 is 4.79 Å². The molecule has 2 N–H and O–H groups in total. The van der Waals surface area contributed by atoms with Gasteiger partial charge in [-0.15, -0.1) is 11.3 Å². The van der Waals surface area contributed by atoms with Gasteiger partial charge in [0.2, 0.25) is 0 Å². The molecule has 1 saturated heterocycles. The summed E-state index contributed by atoms with van der Waals surface area (Å²) in [7, 11) is 0. The number of aromatic nitrogens is 4. The first-order valence-corrected chi connectivity index (χ1v) is 11.3. The van der Waals surface area contributed by atoms with E-state index in [2.05, 4.69) is 36.6 Å². The van der Waals surface area contributed by atoms with Crippen LogP contribution in [0.15, 0.2) is 36.0 Å². The van der Waals surface area contributed by atoms with Crippen LogP contribution in [0.1, 0.15) is 46.3 Å². The summed E-state index contributed by atoms with van der Waals surface area (Å²) in [5, 5.41) is 17.4. The van der Waals surface area contributed by atoms with Crippen molar-refractivity contribution in [1.29, 1.82) is 5.26 Å². The van der Waals surface area contributed by atoms with Crippen LogP contribution in [-0.4, -0.2) is 50.4 Å². The zero-order chi connectivity index (χ0) is 22.3. The lowest BCUT2D eigenvalue weighted by Crippen LogP contribution is -2.35. The number of pyridine rings is 1. The van der Waals surface area contributed by atoms with Gasteiger partial charge in [-0.25, -0.2) is 15.0 Å². The van der Waals surface area contributed by atoms with Gasteiger partial charge in [-0.05, 0) is 44.0 Å². The number of hydrogen-bond acceptors (Lipinski definition) is 9. The molecule has 1 aliphatic rings. The molecule has 0 radical (unpaired) electrons. The van der Waals surface area contributed by atoms with Crippen LogP contribution in [-0.2, 0) is 6.54 Å². The molecule has 1 aliphatic heterocycles. The average Bonchev–Trinajstić information content (AvgIpc) is 3.27. The maximum atomic E-state index is 12.4. The molecule has 4 rings (SSSR count). The van der Waals surface area contributed by atoms with Gasteiger partial charge in [0.25, 0.3) is 5.91 Å². The first-order valence-electron chi connectivity index (χ1n) is 10.5. The monoisotopic (exact) mass is 448 g/mol. The van der Waals surface area contributed by atoms with E-state index in [0.29, 0.717) is 29.7 Å². The minimum absolute atomic E-state index is 0.198.